The minimum absolute atomic E-state index is 0.0363. The van der Waals surface area contributed by atoms with Gasteiger partial charge in [-0.3, -0.25) is 19.3 Å². The third-order valence-electron chi connectivity index (χ3n) is 7.18. The fraction of sp³-hybridized carbons (Fsp3) is 0.542. The highest BCUT2D eigenvalue weighted by atomic mass is 32.1. The van der Waals surface area contributed by atoms with E-state index in [-0.39, 0.29) is 18.3 Å². The second-order valence-corrected chi connectivity index (χ2v) is 9.93. The van der Waals surface area contributed by atoms with Crippen LogP contribution in [0.3, 0.4) is 0 Å². The van der Waals surface area contributed by atoms with Crippen molar-refractivity contribution in [2.45, 2.75) is 44.7 Å². The van der Waals surface area contributed by atoms with E-state index in [0.29, 0.717) is 30.5 Å². The maximum atomic E-state index is 13.5. The Morgan fingerprint density at radius 1 is 1.22 bits per heavy atom. The molecular formula is C24H31N3O4S. The highest BCUT2D eigenvalue weighted by Crippen LogP contribution is 2.41. The van der Waals surface area contributed by atoms with Crippen LogP contribution in [0, 0.1) is 11.8 Å². The van der Waals surface area contributed by atoms with Gasteiger partial charge in [-0.2, -0.15) is 0 Å². The molecule has 1 aromatic heterocycles. The molecule has 3 fully saturated rings. The number of piperidine rings is 3. The Morgan fingerprint density at radius 3 is 2.75 bits per heavy atom. The topological polar surface area (TPSA) is 90.0 Å². The van der Waals surface area contributed by atoms with Crippen molar-refractivity contribution in [3.05, 3.63) is 35.2 Å². The van der Waals surface area contributed by atoms with Crippen LogP contribution in [0.25, 0.3) is 10.1 Å². The number of carbonyl (C=O) groups excluding carboxylic acids is 2. The van der Waals surface area contributed by atoms with Crippen LogP contribution in [0.1, 0.15) is 43.0 Å². The zero-order valence-corrected chi connectivity index (χ0v) is 19.2. The fourth-order valence-electron chi connectivity index (χ4n) is 5.92. The van der Waals surface area contributed by atoms with Gasteiger partial charge in [0.2, 0.25) is 5.91 Å². The lowest BCUT2D eigenvalue weighted by Crippen LogP contribution is -2.66. The SMILES string of the molecule is CC(=O)NC[C@H]1[C@H]2C[C@H](CN(C(=O)c3csc4ccccc34)C2)[C@@H]2CCCCN21.O=CO. The second kappa shape index (κ2) is 10.0. The first-order valence-electron chi connectivity index (χ1n) is 11.4. The molecule has 4 atom stereocenters. The molecule has 2 amide bonds. The molecule has 2 bridgehead atoms. The van der Waals surface area contributed by atoms with Crippen LogP contribution < -0.4 is 5.32 Å². The Labute approximate surface area is 192 Å². The highest BCUT2D eigenvalue weighted by Gasteiger charge is 2.48. The first kappa shape index (κ1) is 22.7. The van der Waals surface area contributed by atoms with Gasteiger partial charge in [0.25, 0.3) is 12.4 Å². The maximum Gasteiger partial charge on any atom is 0.290 e. The summed E-state index contributed by atoms with van der Waals surface area (Å²) in [6.45, 7) is 4.84. The molecule has 7 nitrogen and oxygen atoms in total. The summed E-state index contributed by atoms with van der Waals surface area (Å²) in [6.07, 6.45) is 4.92. The zero-order valence-electron chi connectivity index (χ0n) is 18.4. The number of thiophene rings is 1. The quantitative estimate of drug-likeness (QED) is 0.692. The maximum absolute atomic E-state index is 13.5. The highest BCUT2D eigenvalue weighted by molar-refractivity contribution is 7.17. The van der Waals surface area contributed by atoms with E-state index in [1.165, 1.54) is 30.4 Å². The monoisotopic (exact) mass is 457 g/mol. The summed E-state index contributed by atoms with van der Waals surface area (Å²) in [7, 11) is 0. The molecule has 5 rings (SSSR count). The van der Waals surface area contributed by atoms with Gasteiger partial charge in [0.1, 0.15) is 0 Å². The van der Waals surface area contributed by atoms with Gasteiger partial charge in [-0.15, -0.1) is 11.3 Å². The van der Waals surface area contributed by atoms with Crippen LogP contribution in [0.4, 0.5) is 0 Å². The van der Waals surface area contributed by atoms with E-state index >= 15 is 0 Å². The molecule has 0 spiro atoms. The molecule has 0 radical (unpaired) electrons. The zero-order chi connectivity index (χ0) is 22.7. The number of fused-ring (bicyclic) bond motifs is 5. The number of likely N-dealkylation sites (tertiary alicyclic amines) is 1. The molecule has 1 aromatic carbocycles. The standard InChI is InChI=1S/C23H29N3O2S.CH2O2/c1-15(27)24-11-21-17-10-16(20-7-4-5-9-26(20)21)12-25(13-17)23(28)19-14-29-22-8-3-2-6-18(19)22;2-1-3/h2-3,6,8,14,16-17,20-21H,4-5,7,9-13H2,1H3,(H,24,27);1H,(H,2,3)/t16-,17+,20+,21+;/m1./s1. The van der Waals surface area contributed by atoms with Gasteiger partial charge in [0.15, 0.2) is 0 Å². The van der Waals surface area contributed by atoms with Crippen molar-refractivity contribution < 1.29 is 19.5 Å². The normalized spacial score (nSPS) is 27.1. The third kappa shape index (κ3) is 4.52. The number of hydrogen-bond acceptors (Lipinski definition) is 5. The molecule has 8 heteroatoms. The largest absolute Gasteiger partial charge is 0.483 e. The molecule has 3 aliphatic heterocycles. The Kier molecular flexibility index (Phi) is 7.10. The van der Waals surface area contributed by atoms with Crippen molar-refractivity contribution >= 4 is 39.7 Å². The third-order valence-corrected chi connectivity index (χ3v) is 8.14. The van der Waals surface area contributed by atoms with Crippen molar-refractivity contribution in [3.8, 4) is 0 Å². The molecule has 0 aliphatic carbocycles. The number of amides is 2. The predicted octanol–water partition coefficient (Wildman–Crippen LogP) is 3.05. The molecule has 3 aliphatic rings. The Morgan fingerprint density at radius 2 is 1.97 bits per heavy atom. The predicted molar refractivity (Wildman–Crippen MR) is 125 cm³/mol. The molecule has 2 N–H and O–H groups in total. The van der Waals surface area contributed by atoms with Crippen molar-refractivity contribution in [2.24, 2.45) is 11.8 Å². The van der Waals surface area contributed by atoms with E-state index in [1.807, 2.05) is 17.5 Å². The summed E-state index contributed by atoms with van der Waals surface area (Å²) in [6, 6.07) is 9.09. The van der Waals surface area contributed by atoms with Crippen LogP contribution in [-0.2, 0) is 9.59 Å². The van der Waals surface area contributed by atoms with Gasteiger partial charge >= 0.3 is 0 Å². The smallest absolute Gasteiger partial charge is 0.290 e. The van der Waals surface area contributed by atoms with Crippen LogP contribution in [0.15, 0.2) is 29.6 Å². The molecule has 0 saturated carbocycles. The van der Waals surface area contributed by atoms with Gasteiger partial charge in [-0.1, -0.05) is 24.6 Å². The molecule has 4 heterocycles. The summed E-state index contributed by atoms with van der Waals surface area (Å²) in [5.41, 5.74) is 0.851. The summed E-state index contributed by atoms with van der Waals surface area (Å²) in [5, 5.41) is 13.1. The van der Waals surface area contributed by atoms with Gasteiger partial charge in [-0.25, -0.2) is 0 Å². The van der Waals surface area contributed by atoms with Crippen LogP contribution in [-0.4, -0.2) is 71.5 Å². The Balaban J connectivity index is 0.000000775. The lowest BCUT2D eigenvalue weighted by molar-refractivity contribution is -0.123. The van der Waals surface area contributed by atoms with E-state index in [2.05, 4.69) is 27.2 Å². The average Bonchev–Trinajstić information content (AvgIpc) is 3.23. The first-order chi connectivity index (χ1) is 15.5. The number of nitrogens with one attached hydrogen (secondary N) is 1. The summed E-state index contributed by atoms with van der Waals surface area (Å²) in [5.74, 6) is 1.20. The van der Waals surface area contributed by atoms with E-state index in [9.17, 15) is 9.59 Å². The molecular weight excluding hydrogens is 426 g/mol. The molecule has 3 saturated heterocycles. The number of carbonyl (C=O) groups is 3. The van der Waals surface area contributed by atoms with E-state index in [1.54, 1.807) is 18.3 Å². The minimum Gasteiger partial charge on any atom is -0.483 e. The van der Waals surface area contributed by atoms with Crippen molar-refractivity contribution in [3.63, 3.8) is 0 Å². The van der Waals surface area contributed by atoms with Crippen LogP contribution in [0.5, 0.6) is 0 Å². The summed E-state index contributed by atoms with van der Waals surface area (Å²) < 4.78 is 1.18. The Bertz CT molecular complexity index is 977. The number of rotatable bonds is 3. The number of carboxylic acid groups (broad SMARTS) is 1. The van der Waals surface area contributed by atoms with Crippen molar-refractivity contribution in [1.82, 2.24) is 15.1 Å². The first-order valence-corrected chi connectivity index (χ1v) is 12.2. The molecule has 32 heavy (non-hydrogen) atoms. The Hall–Kier alpha value is -2.45. The number of hydrogen-bond donors (Lipinski definition) is 2. The fourth-order valence-corrected chi connectivity index (χ4v) is 6.85. The molecule has 2 aromatic rings. The second-order valence-electron chi connectivity index (χ2n) is 9.02. The molecule has 172 valence electrons. The average molecular weight is 458 g/mol. The van der Waals surface area contributed by atoms with Gasteiger partial charge in [-0.05, 0) is 43.7 Å². The number of nitrogens with zero attached hydrogens (tertiary/aromatic N) is 2. The van der Waals surface area contributed by atoms with Gasteiger partial charge < -0.3 is 15.3 Å². The van der Waals surface area contributed by atoms with Crippen LogP contribution in [0.2, 0.25) is 0 Å². The summed E-state index contributed by atoms with van der Waals surface area (Å²) in [4.78, 5) is 38.2. The van der Waals surface area contributed by atoms with E-state index in [0.717, 1.165) is 30.6 Å². The minimum atomic E-state index is -0.250. The summed E-state index contributed by atoms with van der Waals surface area (Å²) >= 11 is 1.65. The molecule has 0 unspecified atom stereocenters. The van der Waals surface area contributed by atoms with Gasteiger partial charge in [0, 0.05) is 54.1 Å². The van der Waals surface area contributed by atoms with E-state index < -0.39 is 0 Å². The lowest BCUT2D eigenvalue weighted by atomic mass is 9.72. The lowest BCUT2D eigenvalue weighted by Gasteiger charge is -2.56. The van der Waals surface area contributed by atoms with Gasteiger partial charge in [0.05, 0.1) is 5.56 Å². The van der Waals surface area contributed by atoms with Crippen molar-refractivity contribution in [1.29, 1.82) is 0 Å². The number of benzene rings is 1. The van der Waals surface area contributed by atoms with E-state index in [4.69, 9.17) is 9.90 Å². The van der Waals surface area contributed by atoms with Crippen LogP contribution >= 0.6 is 11.3 Å². The van der Waals surface area contributed by atoms with Crippen molar-refractivity contribution in [2.75, 3.05) is 26.2 Å².